The minimum absolute atomic E-state index is 0.200. The van der Waals surface area contributed by atoms with E-state index in [1.807, 2.05) is 24.3 Å². The zero-order chi connectivity index (χ0) is 10.8. The molecule has 1 aromatic carbocycles. The van der Waals surface area contributed by atoms with Gasteiger partial charge in [-0.1, -0.05) is 0 Å². The lowest BCUT2D eigenvalue weighted by Gasteiger charge is -1.98. The summed E-state index contributed by atoms with van der Waals surface area (Å²) in [6.45, 7) is 0. The summed E-state index contributed by atoms with van der Waals surface area (Å²) in [5.41, 5.74) is 0.787. The van der Waals surface area contributed by atoms with Crippen LogP contribution in [-0.4, -0.2) is 25.8 Å². The number of nitrogens with zero attached hydrogens (tertiary/aromatic N) is 3. The number of carboxylic acids is 1. The van der Waals surface area contributed by atoms with Crippen molar-refractivity contribution in [1.29, 1.82) is 0 Å². The first-order valence-corrected chi connectivity index (χ1v) is 5.15. The fourth-order valence-corrected chi connectivity index (χ4v) is 1.44. The van der Waals surface area contributed by atoms with Crippen molar-refractivity contribution in [2.45, 2.75) is 0 Å². The van der Waals surface area contributed by atoms with Gasteiger partial charge in [0.1, 0.15) is 6.33 Å². The maximum Gasteiger partial charge on any atom is 0.375 e. The molecule has 6 heteroatoms. The molecule has 0 aliphatic rings. The second-order valence-corrected chi connectivity index (χ2v) is 4.04. The highest BCUT2D eigenvalue weighted by molar-refractivity contribution is 14.1. The Hall–Kier alpha value is -1.44. The molecule has 0 aliphatic heterocycles. The Kier molecular flexibility index (Phi) is 2.67. The Labute approximate surface area is 98.9 Å². The average Bonchev–Trinajstić information content (AvgIpc) is 2.68. The van der Waals surface area contributed by atoms with Crippen molar-refractivity contribution in [3.05, 3.63) is 40.0 Å². The van der Waals surface area contributed by atoms with Crippen LogP contribution in [0, 0.1) is 3.57 Å². The van der Waals surface area contributed by atoms with Crippen molar-refractivity contribution in [2.75, 3.05) is 0 Å². The second kappa shape index (κ2) is 3.97. The topological polar surface area (TPSA) is 68.0 Å². The van der Waals surface area contributed by atoms with Gasteiger partial charge >= 0.3 is 5.97 Å². The van der Waals surface area contributed by atoms with Gasteiger partial charge in [-0.25, -0.2) is 14.5 Å². The fraction of sp³-hybridized carbons (Fsp3) is 0. The molecule has 5 nitrogen and oxygen atoms in total. The minimum atomic E-state index is -1.13. The highest BCUT2D eigenvalue weighted by Crippen LogP contribution is 2.10. The predicted octanol–water partition coefficient (Wildman–Crippen LogP) is 1.57. The number of benzene rings is 1. The molecule has 1 N–H and O–H groups in total. The van der Waals surface area contributed by atoms with Crippen LogP contribution in [0.2, 0.25) is 0 Å². The molecular weight excluding hydrogens is 309 g/mol. The van der Waals surface area contributed by atoms with Crippen LogP contribution in [0.1, 0.15) is 10.6 Å². The molecule has 2 aromatic rings. The smallest absolute Gasteiger partial charge is 0.375 e. The number of carboxylic acid groups (broad SMARTS) is 1. The predicted molar refractivity (Wildman–Crippen MR) is 61.0 cm³/mol. The molecule has 0 aliphatic carbocycles. The maximum atomic E-state index is 10.6. The van der Waals surface area contributed by atoms with E-state index in [9.17, 15) is 4.79 Å². The number of hydrogen-bond acceptors (Lipinski definition) is 3. The molecule has 0 bridgehead atoms. The molecule has 0 amide bonds. The summed E-state index contributed by atoms with van der Waals surface area (Å²) < 4.78 is 2.54. The Morgan fingerprint density at radius 1 is 1.33 bits per heavy atom. The summed E-state index contributed by atoms with van der Waals surface area (Å²) in [4.78, 5) is 14.2. The lowest BCUT2D eigenvalue weighted by Crippen LogP contribution is -2.01. The highest BCUT2D eigenvalue weighted by Gasteiger charge is 2.09. The molecule has 0 spiro atoms. The Morgan fingerprint density at radius 2 is 2.00 bits per heavy atom. The van der Waals surface area contributed by atoms with E-state index in [2.05, 4.69) is 32.7 Å². The summed E-state index contributed by atoms with van der Waals surface area (Å²) in [5.74, 6) is -1.33. The lowest BCUT2D eigenvalue weighted by atomic mass is 10.3. The van der Waals surface area contributed by atoms with Crippen molar-refractivity contribution >= 4 is 28.6 Å². The van der Waals surface area contributed by atoms with Crippen molar-refractivity contribution < 1.29 is 9.90 Å². The normalized spacial score (nSPS) is 10.2. The molecule has 0 saturated heterocycles. The van der Waals surface area contributed by atoms with E-state index in [0.29, 0.717) is 0 Å². The molecule has 2 rings (SSSR count). The lowest BCUT2D eigenvalue weighted by molar-refractivity contribution is 0.0683. The van der Waals surface area contributed by atoms with Gasteiger partial charge < -0.3 is 5.11 Å². The third kappa shape index (κ3) is 2.14. The van der Waals surface area contributed by atoms with Crippen molar-refractivity contribution in [2.24, 2.45) is 0 Å². The van der Waals surface area contributed by atoms with Crippen LogP contribution in [0.25, 0.3) is 5.69 Å². The van der Waals surface area contributed by atoms with Crippen LogP contribution < -0.4 is 0 Å². The van der Waals surface area contributed by atoms with E-state index in [-0.39, 0.29) is 5.82 Å². The van der Waals surface area contributed by atoms with Gasteiger partial charge in [-0.3, -0.25) is 0 Å². The van der Waals surface area contributed by atoms with Crippen LogP contribution in [0.5, 0.6) is 0 Å². The molecule has 0 radical (unpaired) electrons. The van der Waals surface area contributed by atoms with E-state index in [0.717, 1.165) is 9.26 Å². The molecule has 0 atom stereocenters. The zero-order valence-corrected chi connectivity index (χ0v) is 9.62. The number of rotatable bonds is 2. The Morgan fingerprint density at radius 3 is 2.53 bits per heavy atom. The zero-order valence-electron chi connectivity index (χ0n) is 7.46. The van der Waals surface area contributed by atoms with Crippen molar-refractivity contribution in [3.63, 3.8) is 0 Å². The third-order valence-electron chi connectivity index (χ3n) is 1.77. The Balaban J connectivity index is 2.37. The quantitative estimate of drug-likeness (QED) is 0.854. The number of aromatic carboxylic acids is 1. The van der Waals surface area contributed by atoms with Crippen LogP contribution in [0.15, 0.2) is 30.6 Å². The van der Waals surface area contributed by atoms with E-state index >= 15 is 0 Å². The van der Waals surface area contributed by atoms with Gasteiger partial charge in [0, 0.05) is 3.57 Å². The van der Waals surface area contributed by atoms with Gasteiger partial charge in [-0.05, 0) is 46.9 Å². The van der Waals surface area contributed by atoms with Gasteiger partial charge in [0.25, 0.3) is 5.82 Å². The second-order valence-electron chi connectivity index (χ2n) is 2.79. The summed E-state index contributed by atoms with van der Waals surface area (Å²) in [7, 11) is 0. The van der Waals surface area contributed by atoms with Gasteiger partial charge in [-0.15, -0.1) is 5.10 Å². The summed E-state index contributed by atoms with van der Waals surface area (Å²) >= 11 is 2.19. The van der Waals surface area contributed by atoms with Gasteiger partial charge in [0.05, 0.1) is 5.69 Å². The van der Waals surface area contributed by atoms with Crippen LogP contribution in [0.3, 0.4) is 0 Å². The summed E-state index contributed by atoms with van der Waals surface area (Å²) in [6, 6.07) is 7.53. The van der Waals surface area contributed by atoms with E-state index in [1.165, 1.54) is 11.0 Å². The molecular formula is C9H6IN3O2. The van der Waals surface area contributed by atoms with Crippen LogP contribution >= 0.6 is 22.6 Å². The standard InChI is InChI=1S/C9H6IN3O2/c10-6-1-3-7(4-2-6)13-5-11-8(12-13)9(14)15/h1-5H,(H,14,15). The first kappa shape index (κ1) is 10.1. The van der Waals surface area contributed by atoms with Crippen molar-refractivity contribution in [3.8, 4) is 5.69 Å². The molecule has 0 saturated carbocycles. The Bertz CT molecular complexity index is 492. The number of hydrogen-bond donors (Lipinski definition) is 1. The SMILES string of the molecule is O=C(O)c1ncn(-c2ccc(I)cc2)n1. The monoisotopic (exact) mass is 315 g/mol. The van der Waals surface area contributed by atoms with Crippen molar-refractivity contribution in [1.82, 2.24) is 14.8 Å². The number of aromatic nitrogens is 3. The molecule has 15 heavy (non-hydrogen) atoms. The van der Waals surface area contributed by atoms with Gasteiger partial charge in [0.2, 0.25) is 0 Å². The first-order valence-electron chi connectivity index (χ1n) is 4.08. The van der Waals surface area contributed by atoms with E-state index in [4.69, 9.17) is 5.11 Å². The summed E-state index contributed by atoms with van der Waals surface area (Å²) in [6.07, 6.45) is 1.38. The molecule has 76 valence electrons. The average molecular weight is 315 g/mol. The molecule has 1 aromatic heterocycles. The minimum Gasteiger partial charge on any atom is -0.475 e. The molecule has 0 unspecified atom stereocenters. The van der Waals surface area contributed by atoms with Gasteiger partial charge in [0.15, 0.2) is 0 Å². The first-order chi connectivity index (χ1) is 7.16. The number of carbonyl (C=O) groups is 1. The van der Waals surface area contributed by atoms with E-state index in [1.54, 1.807) is 0 Å². The number of halogens is 1. The highest BCUT2D eigenvalue weighted by atomic mass is 127. The summed E-state index contributed by atoms with van der Waals surface area (Å²) in [5, 5.41) is 12.5. The largest absolute Gasteiger partial charge is 0.475 e. The van der Waals surface area contributed by atoms with Gasteiger partial charge in [-0.2, -0.15) is 0 Å². The molecule has 1 heterocycles. The molecule has 0 fully saturated rings. The maximum absolute atomic E-state index is 10.6. The third-order valence-corrected chi connectivity index (χ3v) is 2.49. The van der Waals surface area contributed by atoms with Crippen LogP contribution in [0.4, 0.5) is 0 Å². The van der Waals surface area contributed by atoms with Crippen LogP contribution in [-0.2, 0) is 0 Å². The van der Waals surface area contributed by atoms with E-state index < -0.39 is 5.97 Å². The fourth-order valence-electron chi connectivity index (χ4n) is 1.08.